The van der Waals surface area contributed by atoms with Crippen LogP contribution in [-0.2, 0) is 4.79 Å². The highest BCUT2D eigenvalue weighted by Gasteiger charge is 2.15. The zero-order chi connectivity index (χ0) is 13.5. The van der Waals surface area contributed by atoms with Gasteiger partial charge in [0.25, 0.3) is 5.91 Å². The summed E-state index contributed by atoms with van der Waals surface area (Å²) in [6.07, 6.45) is 2.25. The lowest BCUT2D eigenvalue weighted by Crippen LogP contribution is -2.48. The Morgan fingerprint density at radius 3 is 2.61 bits per heavy atom. The number of carboxylic acid groups (broad SMARTS) is 1. The third kappa shape index (κ3) is 4.07. The fourth-order valence-electron chi connectivity index (χ4n) is 1.55. The fourth-order valence-corrected chi connectivity index (χ4v) is 2.02. The maximum atomic E-state index is 11.9. The number of hydrogen-bond acceptors (Lipinski definition) is 4. The van der Waals surface area contributed by atoms with Crippen LogP contribution in [-0.4, -0.2) is 29.9 Å². The van der Waals surface area contributed by atoms with Crippen molar-refractivity contribution in [3.63, 3.8) is 0 Å². The number of carbonyl (C=O) groups is 2. The Bertz CT molecular complexity index is 434. The summed E-state index contributed by atoms with van der Waals surface area (Å²) in [6, 6.07) is 6.12. The van der Waals surface area contributed by atoms with Gasteiger partial charge in [-0.05, 0) is 37.0 Å². The van der Waals surface area contributed by atoms with E-state index >= 15 is 0 Å². The van der Waals surface area contributed by atoms with Gasteiger partial charge in [0.2, 0.25) is 0 Å². The number of nitrogens with one attached hydrogen (secondary N) is 1. The SMILES string of the molecule is CSCC[C@H](NC(=O)c1ccccc1C)C(=O)[O-]. The van der Waals surface area contributed by atoms with E-state index in [9.17, 15) is 14.7 Å². The number of aryl methyl sites for hydroxylation is 1. The molecule has 1 aromatic carbocycles. The first-order valence-corrected chi connectivity index (χ1v) is 7.02. The van der Waals surface area contributed by atoms with E-state index in [2.05, 4.69) is 5.32 Å². The first-order valence-electron chi connectivity index (χ1n) is 5.62. The third-order valence-corrected chi connectivity index (χ3v) is 3.23. The molecule has 0 radical (unpaired) electrons. The van der Waals surface area contributed by atoms with Crippen LogP contribution >= 0.6 is 11.8 Å². The molecule has 1 amide bonds. The second kappa shape index (κ2) is 7.06. The molecule has 0 aliphatic heterocycles. The third-order valence-electron chi connectivity index (χ3n) is 2.59. The Kier molecular flexibility index (Phi) is 5.71. The molecular formula is C13H16NO3S-. The summed E-state index contributed by atoms with van der Waals surface area (Å²) in [5.74, 6) is -0.957. The molecule has 18 heavy (non-hydrogen) atoms. The number of carbonyl (C=O) groups excluding carboxylic acids is 2. The van der Waals surface area contributed by atoms with Gasteiger partial charge in [0.05, 0.1) is 12.0 Å². The Morgan fingerprint density at radius 1 is 1.39 bits per heavy atom. The highest BCUT2D eigenvalue weighted by Crippen LogP contribution is 2.08. The van der Waals surface area contributed by atoms with Crippen LogP contribution in [0, 0.1) is 6.92 Å². The number of rotatable bonds is 6. The van der Waals surface area contributed by atoms with Crippen molar-refractivity contribution >= 4 is 23.6 Å². The van der Waals surface area contributed by atoms with Gasteiger partial charge in [-0.25, -0.2) is 0 Å². The molecule has 1 aromatic rings. The number of carboxylic acids is 1. The number of hydrogen-bond donors (Lipinski definition) is 1. The van der Waals surface area contributed by atoms with Crippen molar-refractivity contribution in [2.75, 3.05) is 12.0 Å². The van der Waals surface area contributed by atoms with Crippen LogP contribution < -0.4 is 10.4 Å². The lowest BCUT2D eigenvalue weighted by Gasteiger charge is -2.19. The van der Waals surface area contributed by atoms with Gasteiger partial charge in [0, 0.05) is 5.56 Å². The number of aliphatic carboxylic acids is 1. The quantitative estimate of drug-likeness (QED) is 0.818. The van der Waals surface area contributed by atoms with E-state index in [1.807, 2.05) is 25.3 Å². The summed E-state index contributed by atoms with van der Waals surface area (Å²) >= 11 is 1.53. The molecule has 0 fully saturated rings. The van der Waals surface area contributed by atoms with Crippen LogP contribution in [0.1, 0.15) is 22.3 Å². The highest BCUT2D eigenvalue weighted by molar-refractivity contribution is 7.98. The lowest BCUT2D eigenvalue weighted by atomic mass is 10.1. The van der Waals surface area contributed by atoms with E-state index in [0.717, 1.165) is 5.56 Å². The van der Waals surface area contributed by atoms with Crippen molar-refractivity contribution in [1.29, 1.82) is 0 Å². The van der Waals surface area contributed by atoms with Gasteiger partial charge < -0.3 is 15.2 Å². The molecule has 0 unspecified atom stereocenters. The van der Waals surface area contributed by atoms with Crippen LogP contribution in [0.3, 0.4) is 0 Å². The van der Waals surface area contributed by atoms with Crippen molar-refractivity contribution in [3.05, 3.63) is 35.4 Å². The molecular weight excluding hydrogens is 250 g/mol. The van der Waals surface area contributed by atoms with Crippen LogP contribution in [0.2, 0.25) is 0 Å². The topological polar surface area (TPSA) is 69.2 Å². The van der Waals surface area contributed by atoms with E-state index in [1.165, 1.54) is 11.8 Å². The van der Waals surface area contributed by atoms with Crippen LogP contribution in [0.25, 0.3) is 0 Å². The summed E-state index contributed by atoms with van der Waals surface area (Å²) in [7, 11) is 0. The number of amides is 1. The van der Waals surface area contributed by atoms with E-state index in [1.54, 1.807) is 12.1 Å². The van der Waals surface area contributed by atoms with Gasteiger partial charge in [-0.2, -0.15) is 11.8 Å². The minimum Gasteiger partial charge on any atom is -0.548 e. The van der Waals surface area contributed by atoms with E-state index in [4.69, 9.17) is 0 Å². The van der Waals surface area contributed by atoms with Gasteiger partial charge in [0.1, 0.15) is 0 Å². The Balaban J connectivity index is 2.72. The molecule has 0 aliphatic rings. The summed E-state index contributed by atoms with van der Waals surface area (Å²) in [6.45, 7) is 1.81. The normalized spacial score (nSPS) is 11.9. The van der Waals surface area contributed by atoms with Gasteiger partial charge in [0.15, 0.2) is 0 Å². The average Bonchev–Trinajstić information content (AvgIpc) is 2.34. The minimum absolute atomic E-state index is 0.362. The van der Waals surface area contributed by atoms with Crippen LogP contribution in [0.4, 0.5) is 0 Å². The average molecular weight is 266 g/mol. The maximum absolute atomic E-state index is 11.9. The molecule has 0 bridgehead atoms. The van der Waals surface area contributed by atoms with Crippen molar-refractivity contribution in [3.8, 4) is 0 Å². The molecule has 0 spiro atoms. The van der Waals surface area contributed by atoms with Crippen molar-refractivity contribution in [2.45, 2.75) is 19.4 Å². The number of thioether (sulfide) groups is 1. The van der Waals surface area contributed by atoms with Gasteiger partial charge >= 0.3 is 0 Å². The zero-order valence-corrected chi connectivity index (χ0v) is 11.3. The molecule has 5 heteroatoms. The number of benzene rings is 1. The summed E-state index contributed by atoms with van der Waals surface area (Å²) < 4.78 is 0. The molecule has 1 rings (SSSR count). The predicted molar refractivity (Wildman–Crippen MR) is 70.4 cm³/mol. The molecule has 0 saturated heterocycles. The maximum Gasteiger partial charge on any atom is 0.252 e. The van der Waals surface area contributed by atoms with Crippen LogP contribution in [0.15, 0.2) is 24.3 Å². The first kappa shape index (κ1) is 14.6. The van der Waals surface area contributed by atoms with Gasteiger partial charge in [-0.15, -0.1) is 0 Å². The molecule has 0 aliphatic carbocycles. The second-order valence-electron chi connectivity index (χ2n) is 3.94. The van der Waals surface area contributed by atoms with Gasteiger partial charge in [-0.1, -0.05) is 18.2 Å². The fraction of sp³-hybridized carbons (Fsp3) is 0.385. The lowest BCUT2D eigenvalue weighted by molar-refractivity contribution is -0.308. The molecule has 1 atom stereocenters. The predicted octanol–water partition coefficient (Wildman–Crippen LogP) is 0.596. The van der Waals surface area contributed by atoms with E-state index in [-0.39, 0.29) is 5.91 Å². The smallest absolute Gasteiger partial charge is 0.252 e. The summed E-state index contributed by atoms with van der Waals surface area (Å²) in [4.78, 5) is 22.9. The summed E-state index contributed by atoms with van der Waals surface area (Å²) in [5.41, 5.74) is 1.31. The van der Waals surface area contributed by atoms with E-state index in [0.29, 0.717) is 17.7 Å². The van der Waals surface area contributed by atoms with Crippen molar-refractivity contribution in [2.24, 2.45) is 0 Å². The molecule has 98 valence electrons. The standard InChI is InChI=1S/C13H17NO3S/c1-9-5-3-4-6-10(9)12(15)14-11(13(16)17)7-8-18-2/h3-6,11H,7-8H2,1-2H3,(H,14,15)(H,16,17)/p-1/t11-/m0/s1. The largest absolute Gasteiger partial charge is 0.548 e. The Hall–Kier alpha value is -1.49. The Labute approximate surface area is 111 Å². The molecule has 4 nitrogen and oxygen atoms in total. The summed E-state index contributed by atoms with van der Waals surface area (Å²) in [5, 5.41) is 13.4. The first-order chi connectivity index (χ1) is 8.56. The second-order valence-corrected chi connectivity index (χ2v) is 4.93. The molecule has 0 heterocycles. The molecule has 0 aromatic heterocycles. The van der Waals surface area contributed by atoms with Crippen molar-refractivity contribution in [1.82, 2.24) is 5.32 Å². The monoisotopic (exact) mass is 266 g/mol. The molecule has 1 N–H and O–H groups in total. The van der Waals surface area contributed by atoms with Gasteiger partial charge in [-0.3, -0.25) is 4.79 Å². The zero-order valence-electron chi connectivity index (χ0n) is 10.4. The van der Waals surface area contributed by atoms with Crippen LogP contribution in [0.5, 0.6) is 0 Å². The Morgan fingerprint density at radius 2 is 2.06 bits per heavy atom. The minimum atomic E-state index is -1.24. The van der Waals surface area contributed by atoms with E-state index < -0.39 is 12.0 Å². The van der Waals surface area contributed by atoms with Crippen molar-refractivity contribution < 1.29 is 14.7 Å². The molecule has 0 saturated carbocycles. The highest BCUT2D eigenvalue weighted by atomic mass is 32.2.